The highest BCUT2D eigenvalue weighted by Gasteiger charge is 2.06. The molecule has 0 aliphatic heterocycles. The molecule has 0 aliphatic carbocycles. The summed E-state index contributed by atoms with van der Waals surface area (Å²) in [4.78, 5) is 12.0. The van der Waals surface area contributed by atoms with Crippen LogP contribution in [0.4, 0.5) is 11.4 Å². The normalized spacial score (nSPS) is 10.4. The quantitative estimate of drug-likeness (QED) is 0.821. The summed E-state index contributed by atoms with van der Waals surface area (Å²) in [7, 11) is 0. The highest BCUT2D eigenvalue weighted by atomic mass is 16.1. The maximum Gasteiger partial charge on any atom is 0.224 e. The molecular formula is C18H22N2O. The van der Waals surface area contributed by atoms with Gasteiger partial charge in [-0.15, -0.1) is 0 Å². The molecule has 2 aromatic rings. The lowest BCUT2D eigenvalue weighted by Crippen LogP contribution is -2.13. The second-order valence-corrected chi connectivity index (χ2v) is 5.24. The summed E-state index contributed by atoms with van der Waals surface area (Å²) in [5.74, 6) is 0.0177. The topological polar surface area (TPSA) is 55.1 Å². The van der Waals surface area contributed by atoms with Gasteiger partial charge in [0.1, 0.15) is 0 Å². The number of nitrogens with two attached hydrogens (primary N) is 1. The number of carbonyl (C=O) groups excluding carboxylic acids is 1. The SMILES string of the molecule is CCc1cc(NC(=O)CCc2ccccc2N)ccc1C. The number of amides is 1. The Morgan fingerprint density at radius 3 is 2.62 bits per heavy atom. The van der Waals surface area contributed by atoms with Crippen LogP contribution in [0.3, 0.4) is 0 Å². The molecule has 1 amide bonds. The Morgan fingerprint density at radius 1 is 1.14 bits per heavy atom. The van der Waals surface area contributed by atoms with Gasteiger partial charge in [0.25, 0.3) is 0 Å². The first-order valence-electron chi connectivity index (χ1n) is 7.33. The third-order valence-electron chi connectivity index (χ3n) is 3.69. The van der Waals surface area contributed by atoms with Crippen LogP contribution >= 0.6 is 0 Å². The molecule has 0 aromatic heterocycles. The molecule has 0 radical (unpaired) electrons. The zero-order valence-electron chi connectivity index (χ0n) is 12.6. The predicted molar refractivity (Wildman–Crippen MR) is 88.4 cm³/mol. The van der Waals surface area contributed by atoms with Crippen molar-refractivity contribution in [3.63, 3.8) is 0 Å². The van der Waals surface area contributed by atoms with E-state index in [1.54, 1.807) is 0 Å². The summed E-state index contributed by atoms with van der Waals surface area (Å²) in [6.45, 7) is 4.20. The van der Waals surface area contributed by atoms with Crippen molar-refractivity contribution in [3.8, 4) is 0 Å². The van der Waals surface area contributed by atoms with Crippen molar-refractivity contribution in [1.29, 1.82) is 0 Å². The number of aryl methyl sites for hydroxylation is 3. The smallest absolute Gasteiger partial charge is 0.224 e. The first kappa shape index (κ1) is 15.1. The van der Waals surface area contributed by atoms with E-state index < -0.39 is 0 Å². The van der Waals surface area contributed by atoms with E-state index in [0.29, 0.717) is 12.8 Å². The van der Waals surface area contributed by atoms with Gasteiger partial charge in [0.15, 0.2) is 0 Å². The van der Waals surface area contributed by atoms with E-state index in [1.807, 2.05) is 42.5 Å². The molecule has 0 heterocycles. The molecule has 0 spiro atoms. The Balaban J connectivity index is 1.94. The first-order chi connectivity index (χ1) is 10.1. The number of nitrogen functional groups attached to an aromatic ring is 1. The predicted octanol–water partition coefficient (Wildman–Crippen LogP) is 3.71. The van der Waals surface area contributed by atoms with E-state index in [2.05, 4.69) is 19.2 Å². The van der Waals surface area contributed by atoms with E-state index in [1.165, 1.54) is 11.1 Å². The molecule has 3 nitrogen and oxygen atoms in total. The van der Waals surface area contributed by atoms with Crippen molar-refractivity contribution < 1.29 is 4.79 Å². The molecule has 21 heavy (non-hydrogen) atoms. The van der Waals surface area contributed by atoms with Crippen LogP contribution in [0.25, 0.3) is 0 Å². The van der Waals surface area contributed by atoms with Gasteiger partial charge in [-0.2, -0.15) is 0 Å². The number of para-hydroxylation sites is 1. The van der Waals surface area contributed by atoms with Gasteiger partial charge in [-0.1, -0.05) is 31.2 Å². The lowest BCUT2D eigenvalue weighted by atomic mass is 10.1. The Morgan fingerprint density at radius 2 is 1.90 bits per heavy atom. The summed E-state index contributed by atoms with van der Waals surface area (Å²) < 4.78 is 0. The van der Waals surface area contributed by atoms with Crippen molar-refractivity contribution in [2.24, 2.45) is 0 Å². The molecule has 0 saturated carbocycles. The number of anilines is 2. The number of hydrogen-bond acceptors (Lipinski definition) is 2. The Bertz CT molecular complexity index is 635. The van der Waals surface area contributed by atoms with Crippen LogP contribution in [0.15, 0.2) is 42.5 Å². The van der Waals surface area contributed by atoms with Crippen molar-refractivity contribution in [1.82, 2.24) is 0 Å². The van der Waals surface area contributed by atoms with Gasteiger partial charge in [0, 0.05) is 17.8 Å². The van der Waals surface area contributed by atoms with Crippen molar-refractivity contribution in [3.05, 3.63) is 59.2 Å². The summed E-state index contributed by atoms with van der Waals surface area (Å²) in [5.41, 5.74) is 11.0. The van der Waals surface area contributed by atoms with Crippen LogP contribution in [0, 0.1) is 6.92 Å². The van der Waals surface area contributed by atoms with E-state index in [-0.39, 0.29) is 5.91 Å². The number of nitrogens with one attached hydrogen (secondary N) is 1. The summed E-state index contributed by atoms with van der Waals surface area (Å²) in [5, 5.41) is 2.95. The highest BCUT2D eigenvalue weighted by molar-refractivity contribution is 5.91. The maximum absolute atomic E-state index is 12.0. The molecular weight excluding hydrogens is 260 g/mol. The largest absolute Gasteiger partial charge is 0.399 e. The molecule has 0 saturated heterocycles. The van der Waals surface area contributed by atoms with Gasteiger partial charge in [-0.3, -0.25) is 4.79 Å². The molecule has 110 valence electrons. The van der Waals surface area contributed by atoms with Crippen LogP contribution in [0.2, 0.25) is 0 Å². The van der Waals surface area contributed by atoms with Gasteiger partial charge in [0.05, 0.1) is 0 Å². The van der Waals surface area contributed by atoms with E-state index in [0.717, 1.165) is 23.4 Å². The molecule has 0 atom stereocenters. The second kappa shape index (κ2) is 6.93. The van der Waals surface area contributed by atoms with Gasteiger partial charge < -0.3 is 11.1 Å². The molecule has 3 heteroatoms. The summed E-state index contributed by atoms with van der Waals surface area (Å²) >= 11 is 0. The first-order valence-corrected chi connectivity index (χ1v) is 7.33. The van der Waals surface area contributed by atoms with Crippen molar-refractivity contribution in [2.45, 2.75) is 33.1 Å². The van der Waals surface area contributed by atoms with Crippen LogP contribution in [0.1, 0.15) is 30.0 Å². The lowest BCUT2D eigenvalue weighted by Gasteiger charge is -2.09. The fourth-order valence-electron chi connectivity index (χ4n) is 2.36. The van der Waals surface area contributed by atoms with Crippen molar-refractivity contribution >= 4 is 17.3 Å². The van der Waals surface area contributed by atoms with Gasteiger partial charge >= 0.3 is 0 Å². The number of benzene rings is 2. The fourth-order valence-corrected chi connectivity index (χ4v) is 2.36. The zero-order valence-corrected chi connectivity index (χ0v) is 12.6. The summed E-state index contributed by atoms with van der Waals surface area (Å²) in [6.07, 6.45) is 2.06. The van der Waals surface area contributed by atoms with Crippen LogP contribution < -0.4 is 11.1 Å². The number of carbonyl (C=O) groups is 1. The number of hydrogen-bond donors (Lipinski definition) is 2. The van der Waals surface area contributed by atoms with E-state index >= 15 is 0 Å². The lowest BCUT2D eigenvalue weighted by molar-refractivity contribution is -0.116. The minimum atomic E-state index is 0.0177. The average Bonchev–Trinajstić information content (AvgIpc) is 2.48. The molecule has 3 N–H and O–H groups in total. The van der Waals surface area contributed by atoms with Crippen molar-refractivity contribution in [2.75, 3.05) is 11.1 Å². The van der Waals surface area contributed by atoms with Crippen LogP contribution in [-0.2, 0) is 17.6 Å². The third-order valence-corrected chi connectivity index (χ3v) is 3.69. The molecule has 2 aromatic carbocycles. The molecule has 0 unspecified atom stereocenters. The standard InChI is InChI=1S/C18H22N2O/c1-3-14-12-16(10-8-13(14)2)20-18(21)11-9-15-6-4-5-7-17(15)19/h4-8,10,12H,3,9,11,19H2,1-2H3,(H,20,21). The molecule has 2 rings (SSSR count). The molecule has 0 bridgehead atoms. The molecule has 0 fully saturated rings. The number of rotatable bonds is 5. The highest BCUT2D eigenvalue weighted by Crippen LogP contribution is 2.17. The monoisotopic (exact) mass is 282 g/mol. The Hall–Kier alpha value is -2.29. The van der Waals surface area contributed by atoms with Crippen LogP contribution in [-0.4, -0.2) is 5.91 Å². The van der Waals surface area contributed by atoms with Gasteiger partial charge in [0.2, 0.25) is 5.91 Å². The third kappa shape index (κ3) is 4.09. The minimum Gasteiger partial charge on any atom is -0.399 e. The van der Waals surface area contributed by atoms with Gasteiger partial charge in [-0.25, -0.2) is 0 Å². The summed E-state index contributed by atoms with van der Waals surface area (Å²) in [6, 6.07) is 13.7. The zero-order chi connectivity index (χ0) is 15.2. The van der Waals surface area contributed by atoms with E-state index in [4.69, 9.17) is 5.73 Å². The van der Waals surface area contributed by atoms with Crippen LogP contribution in [0.5, 0.6) is 0 Å². The average molecular weight is 282 g/mol. The minimum absolute atomic E-state index is 0.0177. The second-order valence-electron chi connectivity index (χ2n) is 5.24. The maximum atomic E-state index is 12.0. The fraction of sp³-hybridized carbons (Fsp3) is 0.278. The van der Waals surface area contributed by atoms with Gasteiger partial charge in [-0.05, 0) is 54.7 Å². The molecule has 0 aliphatic rings. The van der Waals surface area contributed by atoms with E-state index in [9.17, 15) is 4.79 Å². The Kier molecular flexibility index (Phi) is 4.99. The Labute approximate surface area is 126 Å².